The zero-order chi connectivity index (χ0) is 24.4. The van der Waals surface area contributed by atoms with E-state index in [1.165, 1.54) is 0 Å². The van der Waals surface area contributed by atoms with Crippen LogP contribution in [0.1, 0.15) is 41.3 Å². The van der Waals surface area contributed by atoms with Crippen LogP contribution in [0.2, 0.25) is 5.02 Å². The largest absolute Gasteiger partial charge is 0.497 e. The number of hydrogen-bond acceptors (Lipinski definition) is 5. The Morgan fingerprint density at radius 2 is 1.71 bits per heavy atom. The van der Waals surface area contributed by atoms with Crippen LogP contribution in [0.15, 0.2) is 69.9 Å². The summed E-state index contributed by atoms with van der Waals surface area (Å²) < 4.78 is 17.2. The summed E-state index contributed by atoms with van der Waals surface area (Å²) in [4.78, 5) is 26.2. The molecule has 4 aromatic rings. The number of ether oxygens (including phenoxy) is 2. The normalized spacial score (nSPS) is 11.1. The molecule has 6 heteroatoms. The van der Waals surface area contributed by atoms with Crippen LogP contribution in [-0.4, -0.2) is 19.5 Å². The molecule has 0 aliphatic heterocycles. The van der Waals surface area contributed by atoms with Gasteiger partial charge in [-0.2, -0.15) is 0 Å². The van der Waals surface area contributed by atoms with Gasteiger partial charge in [-0.25, -0.2) is 0 Å². The average Bonchev–Trinajstić information content (AvgIpc) is 2.84. The van der Waals surface area contributed by atoms with Crippen LogP contribution in [0.25, 0.3) is 22.3 Å². The second-order valence-corrected chi connectivity index (χ2v) is 8.81. The average molecular weight is 477 g/mol. The van der Waals surface area contributed by atoms with E-state index in [-0.39, 0.29) is 29.3 Å². The van der Waals surface area contributed by atoms with Crippen molar-refractivity contribution in [2.75, 3.05) is 13.7 Å². The van der Waals surface area contributed by atoms with Crippen LogP contribution in [0.3, 0.4) is 0 Å². The molecule has 0 bridgehead atoms. The molecule has 5 nitrogen and oxygen atoms in total. The third-order valence-corrected chi connectivity index (χ3v) is 6.14. The first-order valence-electron chi connectivity index (χ1n) is 11.0. The van der Waals surface area contributed by atoms with Gasteiger partial charge >= 0.3 is 0 Å². The molecular weight excluding hydrogens is 452 g/mol. The summed E-state index contributed by atoms with van der Waals surface area (Å²) in [7, 11) is 1.57. The highest BCUT2D eigenvalue weighted by Gasteiger charge is 2.20. The van der Waals surface area contributed by atoms with Gasteiger partial charge in [0.1, 0.15) is 11.3 Å². The van der Waals surface area contributed by atoms with Gasteiger partial charge in [0, 0.05) is 16.1 Å². The number of Topliss-reactive ketones (excluding diaryl/α,β-unsaturated/α-hetero) is 1. The Morgan fingerprint density at radius 1 is 1.03 bits per heavy atom. The predicted octanol–water partition coefficient (Wildman–Crippen LogP) is 6.82. The molecule has 0 N–H and O–H groups in total. The number of methoxy groups -OCH3 is 1. The number of ketones is 1. The fourth-order valence-corrected chi connectivity index (χ4v) is 3.80. The molecule has 1 heterocycles. The van der Waals surface area contributed by atoms with Gasteiger partial charge in [-0.3, -0.25) is 9.59 Å². The molecule has 0 saturated heterocycles. The molecule has 4 rings (SSSR count). The maximum atomic E-state index is 13.4. The van der Waals surface area contributed by atoms with E-state index in [0.29, 0.717) is 33.4 Å². The van der Waals surface area contributed by atoms with E-state index >= 15 is 0 Å². The lowest BCUT2D eigenvalue weighted by molar-refractivity contribution is 0.0920. The number of rotatable bonds is 7. The summed E-state index contributed by atoms with van der Waals surface area (Å²) in [6.45, 7) is 5.71. The fourth-order valence-electron chi connectivity index (χ4n) is 3.64. The van der Waals surface area contributed by atoms with Crippen LogP contribution < -0.4 is 14.9 Å². The minimum absolute atomic E-state index is 0.0373. The Hall–Kier alpha value is -3.57. The summed E-state index contributed by atoms with van der Waals surface area (Å²) in [5, 5.41) is 0.737. The Kier molecular flexibility index (Phi) is 6.75. The molecular formula is C28H25ClO5. The van der Waals surface area contributed by atoms with Gasteiger partial charge in [0.15, 0.2) is 18.2 Å². The van der Waals surface area contributed by atoms with Crippen LogP contribution in [0.5, 0.6) is 11.5 Å². The molecule has 0 aliphatic rings. The number of halogens is 1. The maximum Gasteiger partial charge on any atom is 0.235 e. The van der Waals surface area contributed by atoms with Gasteiger partial charge in [-0.1, -0.05) is 49.7 Å². The zero-order valence-corrected chi connectivity index (χ0v) is 20.2. The molecule has 0 fully saturated rings. The molecule has 1 aromatic heterocycles. The lowest BCUT2D eigenvalue weighted by Crippen LogP contribution is -2.17. The summed E-state index contributed by atoms with van der Waals surface area (Å²) in [6.07, 6.45) is 0. The van der Waals surface area contributed by atoms with E-state index in [1.54, 1.807) is 55.6 Å². The molecule has 0 aliphatic carbocycles. The highest BCUT2D eigenvalue weighted by molar-refractivity contribution is 6.32. The number of benzene rings is 3. The fraction of sp³-hybridized carbons (Fsp3) is 0.214. The maximum absolute atomic E-state index is 13.4. The van der Waals surface area contributed by atoms with Crippen molar-refractivity contribution in [3.8, 4) is 22.8 Å². The molecule has 0 spiro atoms. The Morgan fingerprint density at radius 3 is 2.32 bits per heavy atom. The first-order chi connectivity index (χ1) is 16.3. The minimum Gasteiger partial charge on any atom is -0.497 e. The van der Waals surface area contributed by atoms with Crippen molar-refractivity contribution in [1.29, 1.82) is 0 Å². The number of hydrogen-bond donors (Lipinski definition) is 0. The van der Waals surface area contributed by atoms with Crippen molar-refractivity contribution in [3.63, 3.8) is 0 Å². The van der Waals surface area contributed by atoms with E-state index in [0.717, 1.165) is 11.1 Å². The molecule has 0 atom stereocenters. The lowest BCUT2D eigenvalue weighted by Gasteiger charge is -2.13. The van der Waals surface area contributed by atoms with Gasteiger partial charge in [0.25, 0.3) is 0 Å². The van der Waals surface area contributed by atoms with E-state index in [1.807, 2.05) is 19.1 Å². The summed E-state index contributed by atoms with van der Waals surface area (Å²) in [5.74, 6) is 0.995. The Balaban J connectivity index is 1.74. The first kappa shape index (κ1) is 23.6. The smallest absolute Gasteiger partial charge is 0.235 e. The van der Waals surface area contributed by atoms with Crippen molar-refractivity contribution in [2.24, 2.45) is 0 Å². The summed E-state index contributed by atoms with van der Waals surface area (Å²) in [5.41, 5.74) is 3.06. The number of fused-ring (bicyclic) bond motifs is 1. The molecule has 34 heavy (non-hydrogen) atoms. The van der Waals surface area contributed by atoms with Crippen molar-refractivity contribution in [3.05, 3.63) is 92.6 Å². The standard InChI is InChI=1S/C28H25ClO5/c1-16(2)18-5-7-19(8-6-18)24(30)15-33-28-26(31)22-14-23(29)17(3)13-25(22)34-27(28)20-9-11-21(32-4)12-10-20/h5-14,16H,15H2,1-4H3. The molecule has 0 radical (unpaired) electrons. The summed E-state index contributed by atoms with van der Waals surface area (Å²) >= 11 is 6.26. The van der Waals surface area contributed by atoms with Crippen molar-refractivity contribution in [2.45, 2.75) is 26.7 Å². The van der Waals surface area contributed by atoms with Crippen LogP contribution >= 0.6 is 11.6 Å². The quantitative estimate of drug-likeness (QED) is 0.274. The van der Waals surface area contributed by atoms with Crippen LogP contribution in [0.4, 0.5) is 0 Å². The second-order valence-electron chi connectivity index (χ2n) is 8.40. The highest BCUT2D eigenvalue weighted by Crippen LogP contribution is 2.33. The highest BCUT2D eigenvalue weighted by atomic mass is 35.5. The van der Waals surface area contributed by atoms with E-state index in [2.05, 4.69) is 13.8 Å². The third kappa shape index (κ3) is 4.70. The molecule has 0 unspecified atom stereocenters. The van der Waals surface area contributed by atoms with Gasteiger partial charge in [-0.05, 0) is 60.4 Å². The van der Waals surface area contributed by atoms with Crippen LogP contribution in [0, 0.1) is 6.92 Å². The zero-order valence-electron chi connectivity index (χ0n) is 19.5. The topological polar surface area (TPSA) is 65.7 Å². The van der Waals surface area contributed by atoms with E-state index in [9.17, 15) is 9.59 Å². The van der Waals surface area contributed by atoms with Crippen molar-refractivity contribution >= 4 is 28.4 Å². The molecule has 174 valence electrons. The van der Waals surface area contributed by atoms with Gasteiger partial charge in [-0.15, -0.1) is 0 Å². The van der Waals surface area contributed by atoms with E-state index < -0.39 is 5.43 Å². The SMILES string of the molecule is COc1ccc(-c2oc3cc(C)c(Cl)cc3c(=O)c2OCC(=O)c2ccc(C(C)C)cc2)cc1. The minimum atomic E-state index is -0.392. The third-order valence-electron chi connectivity index (χ3n) is 5.73. The molecule has 3 aromatic carbocycles. The Bertz CT molecular complexity index is 1400. The summed E-state index contributed by atoms with van der Waals surface area (Å²) in [6, 6.07) is 17.7. The number of carbonyl (C=O) groups is 1. The molecule has 0 amide bonds. The second kappa shape index (κ2) is 9.74. The lowest BCUT2D eigenvalue weighted by atomic mass is 10.0. The molecule has 0 saturated carbocycles. The monoisotopic (exact) mass is 476 g/mol. The van der Waals surface area contributed by atoms with Crippen molar-refractivity contribution < 1.29 is 18.7 Å². The number of carbonyl (C=O) groups excluding carboxylic acids is 1. The number of aryl methyl sites for hydroxylation is 1. The van der Waals surface area contributed by atoms with Gasteiger partial charge < -0.3 is 13.9 Å². The first-order valence-corrected chi connectivity index (χ1v) is 11.3. The van der Waals surface area contributed by atoms with Crippen molar-refractivity contribution in [1.82, 2.24) is 0 Å². The Labute approximate surface area is 202 Å². The van der Waals surface area contributed by atoms with Gasteiger partial charge in [0.2, 0.25) is 11.2 Å². The predicted molar refractivity (Wildman–Crippen MR) is 135 cm³/mol. The van der Waals surface area contributed by atoms with Gasteiger partial charge in [0.05, 0.1) is 12.5 Å². The van der Waals surface area contributed by atoms with Crippen LogP contribution in [-0.2, 0) is 0 Å². The van der Waals surface area contributed by atoms with E-state index in [4.69, 9.17) is 25.5 Å².